The number of amides is 1. The van der Waals surface area contributed by atoms with Gasteiger partial charge in [0.15, 0.2) is 0 Å². The van der Waals surface area contributed by atoms with E-state index in [9.17, 15) is 19.3 Å². The smallest absolute Gasteiger partial charge is 0.293 e. The summed E-state index contributed by atoms with van der Waals surface area (Å²) >= 11 is 0. The van der Waals surface area contributed by atoms with Gasteiger partial charge in [-0.05, 0) is 50.1 Å². The molecule has 166 valence electrons. The maximum absolute atomic E-state index is 13.5. The first-order valence-electron chi connectivity index (χ1n) is 10.3. The maximum Gasteiger partial charge on any atom is 0.293 e. The molecule has 1 unspecified atom stereocenters. The lowest BCUT2D eigenvalue weighted by Gasteiger charge is -2.30. The van der Waals surface area contributed by atoms with Gasteiger partial charge in [0.25, 0.3) is 5.69 Å². The number of benzene rings is 2. The summed E-state index contributed by atoms with van der Waals surface area (Å²) < 4.78 is 18.9. The molecular weight excluding hydrogens is 417 g/mol. The van der Waals surface area contributed by atoms with Crippen molar-refractivity contribution in [1.29, 1.82) is 0 Å². The van der Waals surface area contributed by atoms with Crippen LogP contribution in [0.1, 0.15) is 30.2 Å². The van der Waals surface area contributed by atoms with Crippen LogP contribution in [-0.4, -0.2) is 45.5 Å². The number of nitrogens with one attached hydrogen (secondary N) is 1. The summed E-state index contributed by atoms with van der Waals surface area (Å²) in [6.45, 7) is 3.09. The Morgan fingerprint density at radius 1 is 1.34 bits per heavy atom. The van der Waals surface area contributed by atoms with Crippen LogP contribution in [0.25, 0.3) is 11.4 Å². The largest absolute Gasteiger partial charge is 0.339 e. The molecule has 1 N–H and O–H groups in total. The summed E-state index contributed by atoms with van der Waals surface area (Å²) in [6, 6.07) is 10.7. The Bertz CT molecular complexity index is 1150. The van der Waals surface area contributed by atoms with Crippen LogP contribution in [0.4, 0.5) is 15.8 Å². The zero-order valence-electron chi connectivity index (χ0n) is 17.5. The fourth-order valence-electron chi connectivity index (χ4n) is 3.84. The molecule has 1 aliphatic rings. The minimum atomic E-state index is -0.509. The van der Waals surface area contributed by atoms with Gasteiger partial charge in [0.1, 0.15) is 11.5 Å². The zero-order valence-corrected chi connectivity index (χ0v) is 17.5. The van der Waals surface area contributed by atoms with Gasteiger partial charge >= 0.3 is 0 Å². The highest BCUT2D eigenvalue weighted by atomic mass is 19.1. The average molecular weight is 439 g/mol. The highest BCUT2D eigenvalue weighted by Crippen LogP contribution is 2.28. The third-order valence-corrected chi connectivity index (χ3v) is 5.37. The molecule has 9 nitrogen and oxygen atoms in total. The Balaban J connectivity index is 1.40. The molecule has 1 fully saturated rings. The minimum absolute atomic E-state index is 0.0555. The number of hydrogen-bond acceptors (Lipinski definition) is 7. The second-order valence-electron chi connectivity index (χ2n) is 7.87. The number of likely N-dealkylation sites (tertiary alicyclic amines) is 1. The summed E-state index contributed by atoms with van der Waals surface area (Å²) in [5, 5.41) is 17.9. The van der Waals surface area contributed by atoms with Crippen LogP contribution in [-0.2, 0) is 4.79 Å². The zero-order chi connectivity index (χ0) is 22.7. The normalized spacial score (nSPS) is 16.6. The molecule has 1 saturated heterocycles. The van der Waals surface area contributed by atoms with Crippen LogP contribution in [0.3, 0.4) is 0 Å². The van der Waals surface area contributed by atoms with Crippen molar-refractivity contribution in [3.8, 4) is 11.4 Å². The van der Waals surface area contributed by atoms with Crippen molar-refractivity contribution < 1.29 is 18.6 Å². The van der Waals surface area contributed by atoms with E-state index in [0.717, 1.165) is 18.4 Å². The maximum atomic E-state index is 13.5. The van der Waals surface area contributed by atoms with E-state index in [-0.39, 0.29) is 35.6 Å². The number of nitro groups is 1. The van der Waals surface area contributed by atoms with Crippen molar-refractivity contribution in [3.05, 3.63) is 69.9 Å². The van der Waals surface area contributed by atoms with Gasteiger partial charge < -0.3 is 9.84 Å². The molecule has 0 spiro atoms. The number of halogens is 1. The van der Waals surface area contributed by atoms with Crippen molar-refractivity contribution in [2.24, 2.45) is 0 Å². The lowest BCUT2D eigenvalue weighted by molar-refractivity contribution is -0.384. The molecule has 0 bridgehead atoms. The van der Waals surface area contributed by atoms with Crippen molar-refractivity contribution in [3.63, 3.8) is 0 Å². The van der Waals surface area contributed by atoms with E-state index in [1.54, 1.807) is 25.1 Å². The van der Waals surface area contributed by atoms with Gasteiger partial charge in [0.05, 0.1) is 17.4 Å². The van der Waals surface area contributed by atoms with Crippen LogP contribution in [0, 0.1) is 22.9 Å². The highest BCUT2D eigenvalue weighted by molar-refractivity contribution is 5.94. The van der Waals surface area contributed by atoms with Gasteiger partial charge in [-0.25, -0.2) is 4.39 Å². The van der Waals surface area contributed by atoms with Crippen molar-refractivity contribution >= 4 is 17.3 Å². The number of piperidine rings is 1. The van der Waals surface area contributed by atoms with Crippen LogP contribution in [0.15, 0.2) is 47.0 Å². The summed E-state index contributed by atoms with van der Waals surface area (Å²) in [7, 11) is 0. The van der Waals surface area contributed by atoms with Gasteiger partial charge in [-0.2, -0.15) is 4.98 Å². The van der Waals surface area contributed by atoms with Gasteiger partial charge in [-0.15, -0.1) is 0 Å². The molecule has 2 aromatic carbocycles. The van der Waals surface area contributed by atoms with Crippen molar-refractivity contribution in [2.75, 3.05) is 25.0 Å². The van der Waals surface area contributed by atoms with Crippen LogP contribution in [0.2, 0.25) is 0 Å². The third kappa shape index (κ3) is 4.97. The first-order valence-corrected chi connectivity index (χ1v) is 10.3. The molecule has 0 aliphatic carbocycles. The SMILES string of the molecule is Cc1ccc(NC(=O)CN2CCCC(c3nc(-c4cccc(F)c4)no3)C2)c([N+](=O)[O-])c1. The van der Waals surface area contributed by atoms with E-state index in [4.69, 9.17) is 4.52 Å². The van der Waals surface area contributed by atoms with Crippen molar-refractivity contribution in [1.82, 2.24) is 15.0 Å². The predicted octanol–water partition coefficient (Wildman–Crippen LogP) is 3.91. The number of aryl methyl sites for hydroxylation is 1. The number of hydrogen-bond donors (Lipinski definition) is 1. The highest BCUT2D eigenvalue weighted by Gasteiger charge is 2.28. The van der Waals surface area contributed by atoms with Crippen LogP contribution >= 0.6 is 0 Å². The summed E-state index contributed by atoms with van der Waals surface area (Å²) in [6.07, 6.45) is 1.66. The van der Waals surface area contributed by atoms with E-state index >= 15 is 0 Å². The monoisotopic (exact) mass is 439 g/mol. The predicted molar refractivity (Wildman–Crippen MR) is 115 cm³/mol. The first-order chi connectivity index (χ1) is 15.4. The topological polar surface area (TPSA) is 114 Å². The molecule has 0 saturated carbocycles. The van der Waals surface area contributed by atoms with E-state index in [1.165, 1.54) is 24.3 Å². The summed E-state index contributed by atoms with van der Waals surface area (Å²) in [5.41, 5.74) is 1.32. The third-order valence-electron chi connectivity index (χ3n) is 5.37. The molecule has 1 atom stereocenters. The number of nitrogens with zero attached hydrogens (tertiary/aromatic N) is 4. The molecule has 32 heavy (non-hydrogen) atoms. The van der Waals surface area contributed by atoms with Crippen molar-refractivity contribution in [2.45, 2.75) is 25.7 Å². The second kappa shape index (κ2) is 9.23. The molecule has 10 heteroatoms. The standard InChI is InChI=1S/C22H22FN5O4/c1-14-7-8-18(19(10-14)28(30)31)24-20(29)13-27-9-3-5-16(12-27)22-25-21(26-32-22)15-4-2-6-17(23)11-15/h2,4,6-8,10-11,16H,3,5,9,12-13H2,1H3,(H,24,29). The number of anilines is 1. The number of nitro benzene ring substituents is 1. The van der Waals surface area contributed by atoms with E-state index in [0.29, 0.717) is 30.4 Å². The average Bonchev–Trinajstić information content (AvgIpc) is 3.25. The van der Waals surface area contributed by atoms with Gasteiger partial charge in [-0.1, -0.05) is 23.4 Å². The van der Waals surface area contributed by atoms with Gasteiger partial charge in [0.2, 0.25) is 17.6 Å². The Kier molecular flexibility index (Phi) is 6.22. The Hall–Kier alpha value is -3.66. The molecule has 2 heterocycles. The molecular formula is C22H22FN5O4. The number of rotatable bonds is 6. The number of carbonyl (C=O) groups is 1. The molecule has 1 amide bonds. The van der Waals surface area contributed by atoms with Gasteiger partial charge in [0, 0.05) is 18.2 Å². The fraction of sp³-hybridized carbons (Fsp3) is 0.318. The molecule has 4 rings (SSSR count). The minimum Gasteiger partial charge on any atom is -0.339 e. The van der Waals surface area contributed by atoms with E-state index in [1.807, 2.05) is 4.90 Å². The fourth-order valence-corrected chi connectivity index (χ4v) is 3.84. The number of aromatic nitrogens is 2. The molecule has 3 aromatic rings. The Labute approximate surface area is 183 Å². The lowest BCUT2D eigenvalue weighted by Crippen LogP contribution is -2.39. The molecule has 1 aromatic heterocycles. The molecule has 1 aliphatic heterocycles. The Morgan fingerprint density at radius 3 is 2.97 bits per heavy atom. The lowest BCUT2D eigenvalue weighted by atomic mass is 9.98. The molecule has 0 radical (unpaired) electrons. The Morgan fingerprint density at radius 2 is 2.19 bits per heavy atom. The number of carbonyl (C=O) groups excluding carboxylic acids is 1. The van der Waals surface area contributed by atoms with Crippen LogP contribution in [0.5, 0.6) is 0 Å². The summed E-state index contributed by atoms with van der Waals surface area (Å²) in [4.78, 5) is 29.7. The quantitative estimate of drug-likeness (QED) is 0.457. The van der Waals surface area contributed by atoms with Gasteiger partial charge in [-0.3, -0.25) is 19.8 Å². The summed E-state index contributed by atoms with van der Waals surface area (Å²) in [5.74, 6) is 0.00533. The van der Waals surface area contributed by atoms with E-state index < -0.39 is 4.92 Å². The first kappa shape index (κ1) is 21.6. The van der Waals surface area contributed by atoms with E-state index in [2.05, 4.69) is 15.5 Å². The van der Waals surface area contributed by atoms with Crippen LogP contribution < -0.4 is 5.32 Å². The second-order valence-corrected chi connectivity index (χ2v) is 7.87.